The van der Waals surface area contributed by atoms with Crippen molar-refractivity contribution >= 4 is 80.5 Å². The van der Waals surface area contributed by atoms with Gasteiger partial charge in [0.05, 0.1) is 11.2 Å². The molecule has 4 rings (SSSR count). The van der Waals surface area contributed by atoms with Gasteiger partial charge in [-0.05, 0) is 58.1 Å². The van der Waals surface area contributed by atoms with Crippen LogP contribution in [0.1, 0.15) is 7.43 Å². The quantitative estimate of drug-likeness (QED) is 0.131. The molecule has 0 saturated heterocycles. The molecule has 4 aromatic rings. The average molecular weight is 629 g/mol. The van der Waals surface area contributed by atoms with Crippen LogP contribution in [0.4, 0.5) is 11.4 Å². The summed E-state index contributed by atoms with van der Waals surface area (Å²) < 4.78 is 0. The first-order valence-electron chi connectivity index (χ1n) is 11.1. The molecule has 0 atom stereocenters. The minimum atomic E-state index is -0.508. The lowest BCUT2D eigenvalue weighted by Crippen LogP contribution is -2.12. The van der Waals surface area contributed by atoms with Crippen molar-refractivity contribution in [3.63, 3.8) is 0 Å². The van der Waals surface area contributed by atoms with Crippen molar-refractivity contribution in [1.29, 1.82) is 0 Å². The van der Waals surface area contributed by atoms with Crippen LogP contribution in [0.5, 0.6) is 0 Å². The molecular weight excluding hydrogens is 598 g/mol. The standard InChI is InChI=1S/C14H12ClNO.C12H11N.C2H2Cl2O.CH2Cl2.CH4/c15-10-14(17)16-13-8-6-12(7-9-13)11-4-2-1-3-5-11;13-12-8-6-11(7-9-12)10-4-2-1-3-5-10;3-1-2(4)5;2-1-3;/h1-9H,10H2,(H,16,17);1-9H,13H2;1H2;1H2;1H4. The van der Waals surface area contributed by atoms with Crippen LogP contribution in [0, 0.1) is 0 Å². The highest BCUT2D eigenvalue weighted by Crippen LogP contribution is 2.21. The fraction of sp³-hybridized carbons (Fsp3) is 0.133. The number of carbonyl (C=O) groups is 2. The van der Waals surface area contributed by atoms with E-state index in [0.717, 1.165) is 22.5 Å². The summed E-state index contributed by atoms with van der Waals surface area (Å²) in [4.78, 5) is 20.5. The van der Waals surface area contributed by atoms with E-state index in [9.17, 15) is 9.59 Å². The van der Waals surface area contributed by atoms with Gasteiger partial charge >= 0.3 is 0 Å². The first-order valence-corrected chi connectivity index (χ1v) is 13.6. The molecule has 0 aliphatic heterocycles. The molecule has 39 heavy (non-hydrogen) atoms. The Morgan fingerprint density at radius 1 is 0.590 bits per heavy atom. The van der Waals surface area contributed by atoms with Gasteiger partial charge in [0, 0.05) is 11.4 Å². The van der Waals surface area contributed by atoms with Crippen LogP contribution >= 0.6 is 58.0 Å². The maximum absolute atomic E-state index is 11.1. The number of nitrogens with two attached hydrogens (primary N) is 1. The molecule has 0 aliphatic carbocycles. The van der Waals surface area contributed by atoms with E-state index < -0.39 is 5.24 Å². The minimum absolute atomic E-state index is 0. The van der Waals surface area contributed by atoms with Gasteiger partial charge in [-0.3, -0.25) is 9.59 Å². The van der Waals surface area contributed by atoms with Crippen LogP contribution in [0.3, 0.4) is 0 Å². The van der Waals surface area contributed by atoms with Crippen molar-refractivity contribution in [2.45, 2.75) is 7.43 Å². The zero-order valence-corrected chi connectivity index (χ0v) is 24.1. The molecule has 0 aliphatic rings. The highest BCUT2D eigenvalue weighted by Gasteiger charge is 2.01. The topological polar surface area (TPSA) is 72.2 Å². The molecule has 0 bridgehead atoms. The Bertz CT molecular complexity index is 1190. The van der Waals surface area contributed by atoms with Crippen molar-refractivity contribution < 1.29 is 9.59 Å². The van der Waals surface area contributed by atoms with E-state index in [1.54, 1.807) is 0 Å². The second-order valence-corrected chi connectivity index (χ2v) is 8.97. The van der Waals surface area contributed by atoms with Gasteiger partial charge in [0.2, 0.25) is 11.1 Å². The predicted molar refractivity (Wildman–Crippen MR) is 172 cm³/mol. The van der Waals surface area contributed by atoms with Crippen molar-refractivity contribution in [1.82, 2.24) is 0 Å². The van der Waals surface area contributed by atoms with Crippen molar-refractivity contribution in [3.8, 4) is 22.3 Å². The second-order valence-electron chi connectivity index (χ2n) is 7.20. The molecule has 0 spiro atoms. The highest BCUT2D eigenvalue weighted by molar-refractivity contribution is 6.67. The summed E-state index contributed by atoms with van der Waals surface area (Å²) >= 11 is 24.5. The Morgan fingerprint density at radius 3 is 1.26 bits per heavy atom. The first-order chi connectivity index (χ1) is 18.3. The largest absolute Gasteiger partial charge is 0.399 e. The molecule has 0 unspecified atom stereocenters. The van der Waals surface area contributed by atoms with E-state index in [1.807, 2.05) is 97.1 Å². The number of alkyl halides is 4. The van der Waals surface area contributed by atoms with Crippen molar-refractivity contribution in [3.05, 3.63) is 109 Å². The summed E-state index contributed by atoms with van der Waals surface area (Å²) in [6, 6.07) is 35.9. The number of nitrogens with one attached hydrogen (secondary N) is 1. The summed E-state index contributed by atoms with van der Waals surface area (Å²) in [6.45, 7) is 0. The molecule has 4 nitrogen and oxygen atoms in total. The third-order valence-electron chi connectivity index (χ3n) is 4.52. The number of anilines is 2. The number of benzene rings is 4. The van der Waals surface area contributed by atoms with E-state index >= 15 is 0 Å². The van der Waals surface area contributed by atoms with Gasteiger partial charge in [-0.2, -0.15) is 0 Å². The van der Waals surface area contributed by atoms with Crippen LogP contribution in [-0.4, -0.2) is 28.2 Å². The lowest BCUT2D eigenvalue weighted by Gasteiger charge is -2.05. The van der Waals surface area contributed by atoms with Crippen molar-refractivity contribution in [2.75, 3.05) is 28.1 Å². The van der Waals surface area contributed by atoms with E-state index in [0.29, 0.717) is 0 Å². The SMILES string of the molecule is C.ClCCl.Nc1ccc(-c2ccccc2)cc1.O=C(CCl)Nc1ccc(-c2ccccc2)cc1.O=C(Cl)CCl. The van der Waals surface area contributed by atoms with Gasteiger partial charge in [-0.25, -0.2) is 0 Å². The molecule has 0 saturated carbocycles. The number of amides is 1. The summed E-state index contributed by atoms with van der Waals surface area (Å²) in [7, 11) is 0. The minimum Gasteiger partial charge on any atom is -0.399 e. The number of rotatable bonds is 5. The van der Waals surface area contributed by atoms with Gasteiger partial charge in [0.25, 0.3) is 0 Å². The zero-order chi connectivity index (χ0) is 28.2. The van der Waals surface area contributed by atoms with Crippen LogP contribution in [-0.2, 0) is 9.59 Å². The molecule has 0 radical (unpaired) electrons. The average Bonchev–Trinajstić information content (AvgIpc) is 2.96. The van der Waals surface area contributed by atoms with E-state index in [2.05, 4.69) is 17.4 Å². The van der Waals surface area contributed by atoms with Gasteiger partial charge in [-0.1, -0.05) is 92.4 Å². The fourth-order valence-corrected chi connectivity index (χ4v) is 2.94. The summed E-state index contributed by atoms with van der Waals surface area (Å²) in [5.74, 6) is -0.318. The maximum Gasteiger partial charge on any atom is 0.239 e. The van der Waals surface area contributed by atoms with Crippen LogP contribution in [0.2, 0.25) is 0 Å². The molecule has 0 heterocycles. The molecule has 3 N–H and O–H groups in total. The fourth-order valence-electron chi connectivity index (χ4n) is 2.88. The summed E-state index contributed by atoms with van der Waals surface area (Å²) in [6.07, 6.45) is 0. The first kappa shape index (κ1) is 36.3. The van der Waals surface area contributed by atoms with E-state index in [4.69, 9.17) is 63.7 Å². The summed E-state index contributed by atoms with van der Waals surface area (Å²) in [5, 5.41) is 2.39. The van der Waals surface area contributed by atoms with Gasteiger partial charge in [0.1, 0.15) is 5.88 Å². The maximum atomic E-state index is 11.1. The van der Waals surface area contributed by atoms with Crippen molar-refractivity contribution in [2.24, 2.45) is 0 Å². The number of hydrogen-bond acceptors (Lipinski definition) is 3. The molecular formula is C30H31Cl5N2O2. The Kier molecular flexibility index (Phi) is 20.6. The molecule has 0 aromatic heterocycles. The van der Waals surface area contributed by atoms with Crippen LogP contribution in [0.25, 0.3) is 22.3 Å². The number of hydrogen-bond donors (Lipinski definition) is 2. The molecule has 208 valence electrons. The van der Waals surface area contributed by atoms with Crippen LogP contribution in [0.15, 0.2) is 109 Å². The molecule has 4 aromatic carbocycles. The number of nitrogen functional groups attached to an aromatic ring is 1. The van der Waals surface area contributed by atoms with Gasteiger partial charge in [-0.15, -0.1) is 46.4 Å². The third kappa shape index (κ3) is 16.1. The second kappa shape index (κ2) is 22.1. The van der Waals surface area contributed by atoms with Gasteiger partial charge in [0.15, 0.2) is 0 Å². The summed E-state index contributed by atoms with van der Waals surface area (Å²) in [5.41, 5.74) is 11.9. The normalized spacial score (nSPS) is 9.05. The van der Waals surface area contributed by atoms with Gasteiger partial charge < -0.3 is 11.1 Å². The zero-order valence-electron chi connectivity index (χ0n) is 20.3. The Morgan fingerprint density at radius 2 is 0.923 bits per heavy atom. The van der Waals surface area contributed by atoms with Crippen LogP contribution < -0.4 is 11.1 Å². The smallest absolute Gasteiger partial charge is 0.239 e. The lowest BCUT2D eigenvalue weighted by molar-refractivity contribution is -0.114. The molecule has 0 fully saturated rings. The Hall–Kier alpha value is -2.73. The number of halogens is 5. The predicted octanol–water partition coefficient (Wildman–Crippen LogP) is 9.51. The molecule has 9 heteroatoms. The monoisotopic (exact) mass is 626 g/mol. The lowest BCUT2D eigenvalue weighted by atomic mass is 10.1. The Balaban J connectivity index is 0.000000581. The highest BCUT2D eigenvalue weighted by atomic mass is 35.5. The third-order valence-corrected chi connectivity index (χ3v) is 5.28. The molecule has 1 amide bonds. The van der Waals surface area contributed by atoms with E-state index in [-0.39, 0.29) is 30.4 Å². The Labute approximate surface area is 256 Å². The number of carbonyl (C=O) groups excluding carboxylic acids is 2. The van der Waals surface area contributed by atoms with E-state index in [1.165, 1.54) is 11.1 Å².